The van der Waals surface area contributed by atoms with Gasteiger partial charge in [-0.3, -0.25) is 4.79 Å². The number of anilines is 1. The molecule has 0 aliphatic heterocycles. The van der Waals surface area contributed by atoms with E-state index in [0.717, 1.165) is 6.07 Å². The van der Waals surface area contributed by atoms with Crippen LogP contribution in [0.4, 0.5) is 14.5 Å². The minimum Gasteiger partial charge on any atom is -0.452 e. The van der Waals surface area contributed by atoms with E-state index in [4.69, 9.17) is 4.74 Å². The Morgan fingerprint density at radius 1 is 1.09 bits per heavy atom. The molecular weight excluding hydrogens is 292 g/mol. The lowest BCUT2D eigenvalue weighted by atomic mass is 10.1. The molecule has 6 heteroatoms. The van der Waals surface area contributed by atoms with Crippen molar-refractivity contribution in [2.45, 2.75) is 6.92 Å². The number of carbonyl (C=O) groups excluding carboxylic acids is 2. The number of hydrogen-bond donors (Lipinski definition) is 1. The molecule has 0 aromatic heterocycles. The van der Waals surface area contributed by atoms with Gasteiger partial charge < -0.3 is 10.1 Å². The summed E-state index contributed by atoms with van der Waals surface area (Å²) in [4.78, 5) is 23.3. The fourth-order valence-electron chi connectivity index (χ4n) is 1.66. The van der Waals surface area contributed by atoms with Crippen molar-refractivity contribution < 1.29 is 23.1 Å². The highest BCUT2D eigenvalue weighted by molar-refractivity contribution is 5.95. The van der Waals surface area contributed by atoms with Crippen LogP contribution in [-0.2, 0) is 9.53 Å². The number of esters is 1. The van der Waals surface area contributed by atoms with Gasteiger partial charge in [0.1, 0.15) is 11.6 Å². The van der Waals surface area contributed by atoms with Gasteiger partial charge in [-0.1, -0.05) is 6.07 Å². The van der Waals surface area contributed by atoms with Gasteiger partial charge in [-0.25, -0.2) is 13.6 Å². The molecule has 0 bridgehead atoms. The van der Waals surface area contributed by atoms with Crippen molar-refractivity contribution in [2.24, 2.45) is 0 Å². The molecular formula is C16H13F2NO3. The van der Waals surface area contributed by atoms with Crippen molar-refractivity contribution in [3.05, 3.63) is 65.2 Å². The van der Waals surface area contributed by atoms with Crippen LogP contribution in [0.25, 0.3) is 0 Å². The number of amides is 1. The Morgan fingerprint density at radius 3 is 2.41 bits per heavy atom. The highest BCUT2D eigenvalue weighted by Gasteiger charge is 2.12. The number of aryl methyl sites for hydroxylation is 1. The summed E-state index contributed by atoms with van der Waals surface area (Å²) in [5.74, 6) is -2.32. The number of rotatable bonds is 4. The van der Waals surface area contributed by atoms with Crippen LogP contribution in [0.15, 0.2) is 42.5 Å². The molecule has 2 aromatic rings. The lowest BCUT2D eigenvalue weighted by molar-refractivity contribution is -0.119. The lowest BCUT2D eigenvalue weighted by Gasteiger charge is -2.07. The molecule has 1 N–H and O–H groups in total. The third-order valence-corrected chi connectivity index (χ3v) is 2.87. The maximum absolute atomic E-state index is 13.3. The molecule has 0 heterocycles. The summed E-state index contributed by atoms with van der Waals surface area (Å²) in [5, 5.41) is 2.44. The minimum atomic E-state index is -0.798. The lowest BCUT2D eigenvalue weighted by Crippen LogP contribution is -2.21. The minimum absolute atomic E-state index is 0.0256. The van der Waals surface area contributed by atoms with Gasteiger partial charge in [-0.2, -0.15) is 0 Å². The summed E-state index contributed by atoms with van der Waals surface area (Å²) in [7, 11) is 0. The molecule has 0 fully saturated rings. The van der Waals surface area contributed by atoms with Crippen LogP contribution >= 0.6 is 0 Å². The number of ether oxygens (including phenoxy) is 1. The monoisotopic (exact) mass is 305 g/mol. The smallest absolute Gasteiger partial charge is 0.338 e. The number of benzene rings is 2. The molecule has 22 heavy (non-hydrogen) atoms. The van der Waals surface area contributed by atoms with Gasteiger partial charge in [0.05, 0.1) is 5.56 Å². The SMILES string of the molecule is Cc1ccc(C(=O)OCC(=O)Nc2ccc(F)cc2)cc1F. The van der Waals surface area contributed by atoms with E-state index in [-0.39, 0.29) is 5.56 Å². The molecule has 0 aliphatic carbocycles. The van der Waals surface area contributed by atoms with Crippen molar-refractivity contribution >= 4 is 17.6 Å². The van der Waals surface area contributed by atoms with Gasteiger partial charge in [0.25, 0.3) is 5.91 Å². The molecule has 0 aliphatic rings. The summed E-state index contributed by atoms with van der Waals surface area (Å²) >= 11 is 0. The van der Waals surface area contributed by atoms with Crippen LogP contribution in [0.2, 0.25) is 0 Å². The summed E-state index contributed by atoms with van der Waals surface area (Å²) < 4.78 is 30.8. The van der Waals surface area contributed by atoms with Crippen molar-refractivity contribution in [3.8, 4) is 0 Å². The standard InChI is InChI=1S/C16H13F2NO3/c1-10-2-3-11(8-14(10)18)16(21)22-9-15(20)19-13-6-4-12(17)5-7-13/h2-8H,9H2,1H3,(H,19,20). The zero-order valence-electron chi connectivity index (χ0n) is 11.7. The molecule has 0 atom stereocenters. The van der Waals surface area contributed by atoms with Gasteiger partial charge in [0, 0.05) is 5.69 Å². The molecule has 1 amide bonds. The van der Waals surface area contributed by atoms with Gasteiger partial charge in [-0.15, -0.1) is 0 Å². The largest absolute Gasteiger partial charge is 0.452 e. The predicted octanol–water partition coefficient (Wildman–Crippen LogP) is 3.07. The van der Waals surface area contributed by atoms with Crippen LogP contribution < -0.4 is 5.32 Å². The predicted molar refractivity (Wildman–Crippen MR) is 76.4 cm³/mol. The topological polar surface area (TPSA) is 55.4 Å². The second-order valence-corrected chi connectivity index (χ2v) is 4.60. The Labute approximate surface area is 125 Å². The maximum atomic E-state index is 13.3. The molecule has 0 radical (unpaired) electrons. The van der Waals surface area contributed by atoms with Crippen molar-refractivity contribution in [1.82, 2.24) is 0 Å². The van der Waals surface area contributed by atoms with Crippen LogP contribution in [0.3, 0.4) is 0 Å². The third-order valence-electron chi connectivity index (χ3n) is 2.87. The Hall–Kier alpha value is -2.76. The van der Waals surface area contributed by atoms with E-state index >= 15 is 0 Å². The van der Waals surface area contributed by atoms with Crippen molar-refractivity contribution in [3.63, 3.8) is 0 Å². The first-order valence-corrected chi connectivity index (χ1v) is 6.44. The molecule has 0 spiro atoms. The zero-order chi connectivity index (χ0) is 16.1. The summed E-state index contributed by atoms with van der Waals surface area (Å²) in [6, 6.07) is 9.06. The van der Waals surface area contributed by atoms with Crippen molar-refractivity contribution in [2.75, 3.05) is 11.9 Å². The quantitative estimate of drug-likeness (QED) is 0.883. The Balaban J connectivity index is 1.88. The Bertz CT molecular complexity index is 699. The van der Waals surface area contributed by atoms with E-state index < -0.39 is 30.1 Å². The highest BCUT2D eigenvalue weighted by atomic mass is 19.1. The molecule has 2 aromatic carbocycles. The van der Waals surface area contributed by atoms with Gasteiger partial charge in [-0.05, 0) is 48.9 Å². The first-order valence-electron chi connectivity index (χ1n) is 6.44. The Kier molecular flexibility index (Phi) is 4.83. The van der Waals surface area contributed by atoms with Crippen molar-refractivity contribution in [1.29, 1.82) is 0 Å². The second-order valence-electron chi connectivity index (χ2n) is 4.60. The van der Waals surface area contributed by atoms with E-state index in [0.29, 0.717) is 11.3 Å². The fourth-order valence-corrected chi connectivity index (χ4v) is 1.66. The zero-order valence-corrected chi connectivity index (χ0v) is 11.7. The number of halogens is 2. The highest BCUT2D eigenvalue weighted by Crippen LogP contribution is 2.11. The first kappa shape index (κ1) is 15.6. The maximum Gasteiger partial charge on any atom is 0.338 e. The molecule has 0 saturated carbocycles. The number of carbonyl (C=O) groups is 2. The number of nitrogens with one attached hydrogen (secondary N) is 1. The normalized spacial score (nSPS) is 10.1. The van der Waals surface area contributed by atoms with E-state index in [1.54, 1.807) is 6.92 Å². The summed E-state index contributed by atoms with van der Waals surface area (Å²) in [5.41, 5.74) is 0.812. The van der Waals surface area contributed by atoms with Gasteiger partial charge in [0.15, 0.2) is 6.61 Å². The number of hydrogen-bond acceptors (Lipinski definition) is 3. The molecule has 0 saturated heterocycles. The fraction of sp³-hybridized carbons (Fsp3) is 0.125. The van der Waals surface area contributed by atoms with Crippen LogP contribution in [-0.4, -0.2) is 18.5 Å². The molecule has 114 valence electrons. The van der Waals surface area contributed by atoms with E-state index in [9.17, 15) is 18.4 Å². The molecule has 0 unspecified atom stereocenters. The Morgan fingerprint density at radius 2 is 1.77 bits per heavy atom. The summed E-state index contributed by atoms with van der Waals surface area (Å²) in [6.07, 6.45) is 0. The molecule has 4 nitrogen and oxygen atoms in total. The third kappa shape index (κ3) is 4.12. The van der Waals surface area contributed by atoms with E-state index in [1.807, 2.05) is 0 Å². The van der Waals surface area contributed by atoms with Crippen LogP contribution in [0, 0.1) is 18.6 Å². The van der Waals surface area contributed by atoms with Crippen LogP contribution in [0.5, 0.6) is 0 Å². The second kappa shape index (κ2) is 6.80. The molecule has 2 rings (SSSR count). The van der Waals surface area contributed by atoms with Gasteiger partial charge in [0.2, 0.25) is 0 Å². The first-order chi connectivity index (χ1) is 10.5. The average Bonchev–Trinajstić information content (AvgIpc) is 2.50. The summed E-state index contributed by atoms with van der Waals surface area (Å²) in [6.45, 7) is 1.05. The van der Waals surface area contributed by atoms with E-state index in [1.165, 1.54) is 36.4 Å². The van der Waals surface area contributed by atoms with Crippen LogP contribution in [0.1, 0.15) is 15.9 Å². The average molecular weight is 305 g/mol. The van der Waals surface area contributed by atoms with E-state index in [2.05, 4.69) is 5.32 Å². The van der Waals surface area contributed by atoms with Gasteiger partial charge >= 0.3 is 5.97 Å².